The Labute approximate surface area is 212 Å². The third-order valence-electron chi connectivity index (χ3n) is 5.97. The maximum absolute atomic E-state index is 12.9. The summed E-state index contributed by atoms with van der Waals surface area (Å²) in [6.45, 7) is 1.78. The van der Waals surface area contributed by atoms with Crippen molar-refractivity contribution in [2.45, 2.75) is 25.7 Å². The number of nitrogens with zero attached hydrogens (tertiary/aromatic N) is 4. The third kappa shape index (κ3) is 5.36. The molecule has 5 rings (SSSR count). The van der Waals surface area contributed by atoms with Gasteiger partial charge in [0, 0.05) is 29.3 Å². The number of aromatic nitrogens is 3. The van der Waals surface area contributed by atoms with Crippen LogP contribution < -0.4 is 20.1 Å². The van der Waals surface area contributed by atoms with Gasteiger partial charge in [-0.2, -0.15) is 5.26 Å². The summed E-state index contributed by atoms with van der Waals surface area (Å²) in [5.41, 5.74) is 2.26. The van der Waals surface area contributed by atoms with Gasteiger partial charge in [-0.25, -0.2) is 9.50 Å². The van der Waals surface area contributed by atoms with Gasteiger partial charge >= 0.3 is 0 Å². The fourth-order valence-corrected chi connectivity index (χ4v) is 3.73. The predicted octanol–water partition coefficient (Wildman–Crippen LogP) is 4.76. The van der Waals surface area contributed by atoms with Crippen LogP contribution in [0.5, 0.6) is 17.4 Å². The number of amides is 2. The molecule has 0 bridgehead atoms. The van der Waals surface area contributed by atoms with Gasteiger partial charge in [-0.3, -0.25) is 9.59 Å². The SMILES string of the molecule is COc1ccc(NC(=O)c2cccc(C(C)C#N)c2)cc1Oc1ccc2nc(NC(=O)C3CC3)cn2n1. The number of fused-ring (bicyclic) bond motifs is 1. The van der Waals surface area contributed by atoms with E-state index in [1.165, 1.54) is 11.6 Å². The summed E-state index contributed by atoms with van der Waals surface area (Å²) < 4.78 is 12.9. The number of methoxy groups -OCH3 is 1. The van der Waals surface area contributed by atoms with Crippen molar-refractivity contribution in [2.24, 2.45) is 5.92 Å². The first-order valence-electron chi connectivity index (χ1n) is 11.8. The van der Waals surface area contributed by atoms with Crippen LogP contribution in [-0.2, 0) is 4.79 Å². The number of hydrogen-bond donors (Lipinski definition) is 2. The van der Waals surface area contributed by atoms with Crippen LogP contribution in [0, 0.1) is 17.2 Å². The van der Waals surface area contributed by atoms with E-state index in [4.69, 9.17) is 14.7 Å². The van der Waals surface area contributed by atoms with Crippen LogP contribution in [0.15, 0.2) is 60.8 Å². The molecule has 4 aromatic rings. The molecular weight excluding hydrogens is 472 g/mol. The first-order valence-corrected chi connectivity index (χ1v) is 11.8. The molecule has 0 spiro atoms. The number of nitriles is 1. The van der Waals surface area contributed by atoms with E-state index < -0.39 is 0 Å². The minimum absolute atomic E-state index is 0.0326. The summed E-state index contributed by atoms with van der Waals surface area (Å²) in [5, 5.41) is 19.2. The van der Waals surface area contributed by atoms with Crippen LogP contribution >= 0.6 is 0 Å². The zero-order chi connectivity index (χ0) is 25.9. The lowest BCUT2D eigenvalue weighted by molar-refractivity contribution is -0.117. The molecule has 1 saturated carbocycles. The number of nitrogens with one attached hydrogen (secondary N) is 2. The summed E-state index contributed by atoms with van der Waals surface area (Å²) in [4.78, 5) is 29.2. The molecule has 1 unspecified atom stereocenters. The number of carbonyl (C=O) groups excluding carboxylic acids is 2. The monoisotopic (exact) mass is 496 g/mol. The Kier molecular flexibility index (Phi) is 6.43. The van der Waals surface area contributed by atoms with Crippen molar-refractivity contribution in [3.05, 3.63) is 71.9 Å². The van der Waals surface area contributed by atoms with E-state index in [1.54, 1.807) is 61.7 Å². The normalized spacial score (nSPS) is 13.4. The van der Waals surface area contributed by atoms with Crippen molar-refractivity contribution in [1.29, 1.82) is 5.26 Å². The fraction of sp³-hybridized carbons (Fsp3) is 0.222. The quantitative estimate of drug-likeness (QED) is 0.360. The third-order valence-corrected chi connectivity index (χ3v) is 5.97. The molecule has 2 N–H and O–H groups in total. The Morgan fingerprint density at radius 3 is 2.70 bits per heavy atom. The Morgan fingerprint density at radius 2 is 1.95 bits per heavy atom. The Hall–Kier alpha value is -4.91. The van der Waals surface area contributed by atoms with E-state index in [1.807, 2.05) is 6.07 Å². The number of hydrogen-bond acceptors (Lipinski definition) is 7. The average molecular weight is 497 g/mol. The summed E-state index contributed by atoms with van der Waals surface area (Å²) >= 11 is 0. The van der Waals surface area contributed by atoms with Gasteiger partial charge in [0.05, 0.1) is 25.3 Å². The molecular formula is C27H24N6O4. The molecule has 1 aliphatic rings. The second-order valence-corrected chi connectivity index (χ2v) is 8.76. The maximum atomic E-state index is 12.9. The highest BCUT2D eigenvalue weighted by Gasteiger charge is 2.30. The van der Waals surface area contributed by atoms with Gasteiger partial charge in [0.1, 0.15) is 0 Å². The number of rotatable bonds is 8. The van der Waals surface area contributed by atoms with E-state index in [0.29, 0.717) is 34.2 Å². The first kappa shape index (κ1) is 23.8. The Balaban J connectivity index is 1.34. The molecule has 1 fully saturated rings. The van der Waals surface area contributed by atoms with Crippen LogP contribution in [0.25, 0.3) is 5.65 Å². The first-order chi connectivity index (χ1) is 17.9. The van der Waals surface area contributed by atoms with Crippen molar-refractivity contribution < 1.29 is 19.1 Å². The summed E-state index contributed by atoms with van der Waals surface area (Å²) in [6.07, 6.45) is 3.44. The largest absolute Gasteiger partial charge is 0.493 e. The van der Waals surface area contributed by atoms with Gasteiger partial charge in [0.15, 0.2) is 23.0 Å². The van der Waals surface area contributed by atoms with Gasteiger partial charge in [-0.05, 0) is 55.7 Å². The second-order valence-electron chi connectivity index (χ2n) is 8.76. The van der Waals surface area contributed by atoms with Crippen molar-refractivity contribution in [3.63, 3.8) is 0 Å². The summed E-state index contributed by atoms with van der Waals surface area (Å²) in [7, 11) is 1.52. The van der Waals surface area contributed by atoms with Gasteiger partial charge in [0.25, 0.3) is 5.91 Å². The molecule has 0 radical (unpaired) electrons. The molecule has 1 aliphatic carbocycles. The van der Waals surface area contributed by atoms with Crippen LogP contribution in [0.2, 0.25) is 0 Å². The number of benzene rings is 2. The fourth-order valence-electron chi connectivity index (χ4n) is 3.73. The number of carbonyl (C=O) groups is 2. The van der Waals surface area contributed by atoms with Crippen molar-refractivity contribution in [3.8, 4) is 23.4 Å². The van der Waals surface area contributed by atoms with Crippen molar-refractivity contribution in [1.82, 2.24) is 14.6 Å². The summed E-state index contributed by atoms with van der Waals surface area (Å²) in [5.74, 6) is 0.898. The zero-order valence-electron chi connectivity index (χ0n) is 20.3. The molecule has 37 heavy (non-hydrogen) atoms. The Morgan fingerprint density at radius 1 is 1.11 bits per heavy atom. The molecule has 10 nitrogen and oxygen atoms in total. The van der Waals surface area contributed by atoms with Crippen LogP contribution in [0.4, 0.5) is 11.5 Å². The summed E-state index contributed by atoms with van der Waals surface area (Å²) in [6, 6.07) is 17.5. The maximum Gasteiger partial charge on any atom is 0.255 e. The van der Waals surface area contributed by atoms with Gasteiger partial charge < -0.3 is 20.1 Å². The standard InChI is InChI=1S/C27H24N6O4/c1-16(14-28)18-4-3-5-19(12-18)27(35)29-20-8-9-21(36-2)22(13-20)37-25-11-10-24-30-23(15-33(24)32-25)31-26(34)17-6-7-17/h3-5,8-13,15-17H,6-7H2,1-2H3,(H,29,35)(H,31,34). The van der Waals surface area contributed by atoms with Gasteiger partial charge in [-0.15, -0.1) is 5.10 Å². The van der Waals surface area contributed by atoms with E-state index >= 15 is 0 Å². The molecule has 0 saturated heterocycles. The lowest BCUT2D eigenvalue weighted by Crippen LogP contribution is -2.13. The minimum Gasteiger partial charge on any atom is -0.493 e. The van der Waals surface area contributed by atoms with Crippen molar-refractivity contribution >= 4 is 29.0 Å². The smallest absolute Gasteiger partial charge is 0.255 e. The van der Waals surface area contributed by atoms with Crippen LogP contribution in [0.3, 0.4) is 0 Å². The highest BCUT2D eigenvalue weighted by molar-refractivity contribution is 6.04. The molecule has 2 heterocycles. The number of anilines is 2. The number of ether oxygens (including phenoxy) is 2. The molecule has 1 atom stereocenters. The lowest BCUT2D eigenvalue weighted by atomic mass is 10.0. The van der Waals surface area contributed by atoms with Gasteiger partial charge in [-0.1, -0.05) is 12.1 Å². The van der Waals surface area contributed by atoms with E-state index in [0.717, 1.165) is 18.4 Å². The Bertz CT molecular complexity index is 1540. The van der Waals surface area contributed by atoms with E-state index in [2.05, 4.69) is 26.8 Å². The van der Waals surface area contributed by atoms with E-state index in [9.17, 15) is 9.59 Å². The molecule has 10 heteroatoms. The lowest BCUT2D eigenvalue weighted by Gasteiger charge is -2.13. The predicted molar refractivity (Wildman–Crippen MR) is 136 cm³/mol. The molecule has 2 amide bonds. The van der Waals surface area contributed by atoms with Crippen molar-refractivity contribution in [2.75, 3.05) is 17.7 Å². The van der Waals surface area contributed by atoms with Crippen LogP contribution in [0.1, 0.15) is 41.6 Å². The topological polar surface area (TPSA) is 131 Å². The highest BCUT2D eigenvalue weighted by Crippen LogP contribution is 2.34. The molecule has 0 aliphatic heterocycles. The molecule has 2 aromatic carbocycles. The zero-order valence-corrected chi connectivity index (χ0v) is 20.3. The second kappa shape index (κ2) is 9.99. The number of imidazole rings is 1. The average Bonchev–Trinajstić information content (AvgIpc) is 3.69. The molecule has 2 aromatic heterocycles. The highest BCUT2D eigenvalue weighted by atomic mass is 16.5. The van der Waals surface area contributed by atoms with Gasteiger partial charge in [0.2, 0.25) is 11.8 Å². The minimum atomic E-state index is -0.320. The van der Waals surface area contributed by atoms with E-state index in [-0.39, 0.29) is 29.5 Å². The molecule has 186 valence electrons. The van der Waals surface area contributed by atoms with Crippen LogP contribution in [-0.4, -0.2) is 33.5 Å².